The highest BCUT2D eigenvalue weighted by Crippen LogP contribution is 2.23. The molecule has 0 amide bonds. The van der Waals surface area contributed by atoms with E-state index in [2.05, 4.69) is 4.98 Å². The molecule has 23 heavy (non-hydrogen) atoms. The van der Waals surface area contributed by atoms with Crippen LogP contribution in [0.25, 0.3) is 5.69 Å². The molecule has 2 aromatic rings. The summed E-state index contributed by atoms with van der Waals surface area (Å²) in [7, 11) is 0. The minimum atomic E-state index is -0.908. The van der Waals surface area contributed by atoms with Crippen LogP contribution in [0.2, 0.25) is 5.02 Å². The number of rotatable bonds is 3. The number of ether oxygens (including phenoxy) is 1. The molecule has 0 unspecified atom stereocenters. The summed E-state index contributed by atoms with van der Waals surface area (Å²) in [5, 5.41) is -0.172. The van der Waals surface area contributed by atoms with Crippen molar-refractivity contribution in [2.45, 2.75) is 26.9 Å². The third-order valence-electron chi connectivity index (χ3n) is 3.00. The first-order valence-corrected chi connectivity index (χ1v) is 7.12. The van der Waals surface area contributed by atoms with E-state index in [1.165, 1.54) is 13.1 Å². The summed E-state index contributed by atoms with van der Waals surface area (Å²) in [5.41, 5.74) is -1.82. The maximum atomic E-state index is 14.2. The third-order valence-corrected chi connectivity index (χ3v) is 3.31. The van der Waals surface area contributed by atoms with Crippen LogP contribution >= 0.6 is 11.6 Å². The molecule has 122 valence electrons. The molecule has 0 saturated carbocycles. The van der Waals surface area contributed by atoms with Crippen LogP contribution in [-0.4, -0.2) is 21.6 Å². The van der Waals surface area contributed by atoms with Gasteiger partial charge in [0.25, 0.3) is 5.56 Å². The number of aromatic nitrogens is 2. The van der Waals surface area contributed by atoms with Gasteiger partial charge in [0, 0.05) is 11.8 Å². The van der Waals surface area contributed by atoms with Gasteiger partial charge in [-0.05, 0) is 32.9 Å². The number of H-pyrrole nitrogens is 1. The molecular formula is C15H14ClFN2O4. The molecule has 1 N–H and O–H groups in total. The van der Waals surface area contributed by atoms with Gasteiger partial charge >= 0.3 is 11.7 Å². The summed E-state index contributed by atoms with van der Waals surface area (Å²) in [6, 6.07) is 1.89. The Kier molecular flexibility index (Phi) is 4.70. The smallest absolute Gasteiger partial charge is 0.339 e. The Morgan fingerprint density at radius 2 is 2.00 bits per heavy atom. The van der Waals surface area contributed by atoms with Gasteiger partial charge in [-0.1, -0.05) is 11.6 Å². The lowest BCUT2D eigenvalue weighted by atomic mass is 10.2. The van der Waals surface area contributed by atoms with Crippen LogP contribution in [0.3, 0.4) is 0 Å². The number of hydrogen-bond donors (Lipinski definition) is 1. The summed E-state index contributed by atoms with van der Waals surface area (Å²) in [5.74, 6) is -1.68. The van der Waals surface area contributed by atoms with E-state index in [0.717, 1.165) is 12.1 Å². The van der Waals surface area contributed by atoms with Crippen LogP contribution in [0, 0.1) is 12.7 Å². The second kappa shape index (κ2) is 6.37. The zero-order valence-electron chi connectivity index (χ0n) is 12.6. The molecular weight excluding hydrogens is 327 g/mol. The second-order valence-corrected chi connectivity index (χ2v) is 5.56. The molecule has 0 bridgehead atoms. The van der Waals surface area contributed by atoms with Crippen molar-refractivity contribution in [3.63, 3.8) is 0 Å². The van der Waals surface area contributed by atoms with Gasteiger partial charge in [-0.3, -0.25) is 4.79 Å². The van der Waals surface area contributed by atoms with E-state index in [0.29, 0.717) is 4.57 Å². The first-order valence-electron chi connectivity index (χ1n) is 6.74. The number of nitrogens with zero attached hydrogens (tertiary/aromatic N) is 1. The standard InChI is InChI=1S/C15H14ClFN2O4/c1-7(2)23-14(21)9-4-12(11(17)5-10(9)16)19-13(20)8(3)6-18-15(19)22/h4-7H,1-3H3,(H,18,22). The van der Waals surface area contributed by atoms with Crippen LogP contribution < -0.4 is 11.2 Å². The fourth-order valence-corrected chi connectivity index (χ4v) is 2.15. The zero-order valence-corrected chi connectivity index (χ0v) is 13.4. The third kappa shape index (κ3) is 3.34. The van der Waals surface area contributed by atoms with Gasteiger partial charge in [-0.25, -0.2) is 18.5 Å². The Morgan fingerprint density at radius 3 is 2.61 bits per heavy atom. The normalized spacial score (nSPS) is 10.9. The van der Waals surface area contributed by atoms with Gasteiger partial charge in [0.15, 0.2) is 0 Å². The molecule has 2 rings (SSSR count). The fourth-order valence-electron chi connectivity index (χ4n) is 1.93. The number of aryl methyl sites for hydroxylation is 1. The summed E-state index contributed by atoms with van der Waals surface area (Å²) in [6.07, 6.45) is 0.820. The molecule has 0 atom stereocenters. The summed E-state index contributed by atoms with van der Waals surface area (Å²) in [6.45, 7) is 4.76. The fraction of sp³-hybridized carbons (Fsp3) is 0.267. The largest absolute Gasteiger partial charge is 0.459 e. The first kappa shape index (κ1) is 17.0. The van der Waals surface area contributed by atoms with Crippen LogP contribution in [0.15, 0.2) is 27.9 Å². The van der Waals surface area contributed by atoms with E-state index in [1.807, 2.05) is 0 Å². The van der Waals surface area contributed by atoms with Gasteiger partial charge in [0.1, 0.15) is 5.82 Å². The van der Waals surface area contributed by atoms with E-state index in [1.54, 1.807) is 13.8 Å². The average Bonchev–Trinajstić information content (AvgIpc) is 2.44. The maximum absolute atomic E-state index is 14.2. The molecule has 6 nitrogen and oxygen atoms in total. The van der Waals surface area contributed by atoms with Crippen LogP contribution in [0.5, 0.6) is 0 Å². The molecule has 1 aromatic heterocycles. The lowest BCUT2D eigenvalue weighted by molar-refractivity contribution is 0.0378. The van der Waals surface area contributed by atoms with E-state index in [-0.39, 0.29) is 21.8 Å². The summed E-state index contributed by atoms with van der Waals surface area (Å²) in [4.78, 5) is 38.3. The maximum Gasteiger partial charge on any atom is 0.339 e. The lowest BCUT2D eigenvalue weighted by Crippen LogP contribution is -2.35. The van der Waals surface area contributed by atoms with Gasteiger partial charge in [0.2, 0.25) is 0 Å². The second-order valence-electron chi connectivity index (χ2n) is 5.15. The Hall–Kier alpha value is -2.41. The molecule has 0 aliphatic heterocycles. The molecule has 8 heteroatoms. The van der Waals surface area contributed by atoms with Crippen molar-refractivity contribution >= 4 is 17.6 Å². The zero-order chi connectivity index (χ0) is 17.3. The summed E-state index contributed by atoms with van der Waals surface area (Å²) < 4.78 is 19.8. The monoisotopic (exact) mass is 340 g/mol. The van der Waals surface area contributed by atoms with E-state index in [4.69, 9.17) is 16.3 Å². The highest BCUT2D eigenvalue weighted by Gasteiger charge is 2.20. The quantitative estimate of drug-likeness (QED) is 0.868. The van der Waals surface area contributed by atoms with Crippen molar-refractivity contribution in [2.75, 3.05) is 0 Å². The van der Waals surface area contributed by atoms with Crippen molar-refractivity contribution in [1.29, 1.82) is 0 Å². The molecule has 0 fully saturated rings. The number of esters is 1. The number of nitrogens with one attached hydrogen (secondary N) is 1. The van der Waals surface area contributed by atoms with Gasteiger partial charge in [-0.15, -0.1) is 0 Å². The predicted molar refractivity (Wildman–Crippen MR) is 82.9 cm³/mol. The van der Waals surface area contributed by atoms with Crippen LogP contribution in [0.4, 0.5) is 4.39 Å². The summed E-state index contributed by atoms with van der Waals surface area (Å²) >= 11 is 5.86. The molecule has 1 heterocycles. The van der Waals surface area contributed by atoms with E-state index in [9.17, 15) is 18.8 Å². The molecule has 0 aliphatic carbocycles. The number of carbonyl (C=O) groups excluding carboxylic acids is 1. The van der Waals surface area contributed by atoms with Crippen molar-refractivity contribution in [1.82, 2.24) is 9.55 Å². The number of benzene rings is 1. The average molecular weight is 341 g/mol. The van der Waals surface area contributed by atoms with Crippen LogP contribution in [-0.2, 0) is 4.74 Å². The topological polar surface area (TPSA) is 81.2 Å². The Morgan fingerprint density at radius 1 is 1.35 bits per heavy atom. The van der Waals surface area contributed by atoms with Gasteiger partial charge in [0.05, 0.1) is 22.4 Å². The number of halogens is 2. The minimum Gasteiger partial charge on any atom is -0.459 e. The number of aromatic amines is 1. The minimum absolute atomic E-state index is 0.135. The lowest BCUT2D eigenvalue weighted by Gasteiger charge is -2.12. The molecule has 0 radical (unpaired) electrons. The highest BCUT2D eigenvalue weighted by atomic mass is 35.5. The van der Waals surface area contributed by atoms with Crippen molar-refractivity contribution in [3.8, 4) is 5.69 Å². The SMILES string of the molecule is Cc1c[nH]c(=O)n(-c2cc(C(=O)OC(C)C)c(Cl)cc2F)c1=O. The van der Waals surface area contributed by atoms with Gasteiger partial charge < -0.3 is 9.72 Å². The Bertz CT molecular complexity index is 886. The molecule has 0 aliphatic rings. The van der Waals surface area contributed by atoms with E-state index < -0.39 is 29.1 Å². The molecule has 0 spiro atoms. The first-order chi connectivity index (χ1) is 10.7. The van der Waals surface area contributed by atoms with Crippen molar-refractivity contribution in [2.24, 2.45) is 0 Å². The van der Waals surface area contributed by atoms with Crippen molar-refractivity contribution < 1.29 is 13.9 Å². The van der Waals surface area contributed by atoms with Gasteiger partial charge in [-0.2, -0.15) is 0 Å². The number of carbonyl (C=O) groups is 1. The van der Waals surface area contributed by atoms with Crippen molar-refractivity contribution in [3.05, 3.63) is 61.1 Å². The molecule has 1 aromatic carbocycles. The highest BCUT2D eigenvalue weighted by molar-refractivity contribution is 6.33. The Balaban J connectivity index is 2.71. The Labute approximate surface area is 135 Å². The number of hydrogen-bond acceptors (Lipinski definition) is 4. The van der Waals surface area contributed by atoms with E-state index >= 15 is 0 Å². The molecule has 0 saturated heterocycles. The predicted octanol–water partition coefficient (Wildman–Crippen LogP) is 2.19. The van der Waals surface area contributed by atoms with Crippen LogP contribution in [0.1, 0.15) is 29.8 Å².